The lowest BCUT2D eigenvalue weighted by Gasteiger charge is -2.42. The second-order valence-corrected chi connectivity index (χ2v) is 14.0. The molecule has 45 heavy (non-hydrogen) atoms. The number of nitrogens with zero attached hydrogens (tertiary/aromatic N) is 3. The van der Waals surface area contributed by atoms with Gasteiger partial charge in [-0.25, -0.2) is 0 Å². The number of anilines is 2. The van der Waals surface area contributed by atoms with Gasteiger partial charge in [-0.1, -0.05) is 37.3 Å². The quantitative estimate of drug-likeness (QED) is 0.326. The summed E-state index contributed by atoms with van der Waals surface area (Å²) in [7, 11) is 0. The van der Waals surface area contributed by atoms with Gasteiger partial charge in [0.2, 0.25) is 11.8 Å². The largest absolute Gasteiger partial charge is 0.494 e. The van der Waals surface area contributed by atoms with E-state index in [1.165, 1.54) is 0 Å². The van der Waals surface area contributed by atoms with Crippen LogP contribution < -0.4 is 14.5 Å². The summed E-state index contributed by atoms with van der Waals surface area (Å²) >= 11 is 1.63. The predicted molar refractivity (Wildman–Crippen MR) is 181 cm³/mol. The van der Waals surface area contributed by atoms with Crippen molar-refractivity contribution in [2.24, 2.45) is 17.8 Å². The maximum absolute atomic E-state index is 15.0. The Kier molecular flexibility index (Phi) is 9.52. The maximum Gasteiger partial charge on any atom is 0.251 e. The highest BCUT2D eigenvalue weighted by atomic mass is 32.2. The second kappa shape index (κ2) is 13.0. The number of para-hydroxylation sites is 1. The minimum atomic E-state index is -0.850. The molecule has 0 aromatic heterocycles. The molecule has 3 saturated heterocycles. The van der Waals surface area contributed by atoms with E-state index < -0.39 is 28.7 Å². The molecule has 2 aromatic carbocycles. The molecule has 0 aliphatic carbocycles. The molecule has 2 bridgehead atoms. The van der Waals surface area contributed by atoms with Crippen LogP contribution in [0.1, 0.15) is 38.3 Å². The predicted octanol–water partition coefficient (Wildman–Crippen LogP) is 5.16. The van der Waals surface area contributed by atoms with Crippen molar-refractivity contribution in [1.82, 2.24) is 4.90 Å². The molecule has 1 N–H and O–H groups in total. The highest BCUT2D eigenvalue weighted by Gasteiger charge is 2.77. The van der Waals surface area contributed by atoms with Gasteiger partial charge in [0.15, 0.2) is 0 Å². The SMILES string of the molecule is C=CCN(C(=O)[C@@H]1[C@@H]2CC(C)C3(S2)C(C(=O)N(CC=C)c2c(C)cccc2C)N([C@H](C)CO)C(=O)[C@H]13)c1ccc(OCC)cc1. The minimum absolute atomic E-state index is 0.00257. The van der Waals surface area contributed by atoms with Crippen LogP contribution in [0.3, 0.4) is 0 Å². The minimum Gasteiger partial charge on any atom is -0.494 e. The molecular weight excluding hydrogens is 586 g/mol. The van der Waals surface area contributed by atoms with Gasteiger partial charge in [0.1, 0.15) is 11.8 Å². The first-order valence-corrected chi connectivity index (χ1v) is 16.7. The Morgan fingerprint density at radius 3 is 2.29 bits per heavy atom. The van der Waals surface area contributed by atoms with Crippen molar-refractivity contribution in [2.45, 2.75) is 63.1 Å². The number of amides is 3. The van der Waals surface area contributed by atoms with E-state index in [0.717, 1.165) is 16.8 Å². The number of rotatable bonds is 12. The molecule has 3 fully saturated rings. The highest BCUT2D eigenvalue weighted by Crippen LogP contribution is 2.69. The fraction of sp³-hybridized carbons (Fsp3) is 0.472. The molecule has 2 aromatic rings. The molecule has 1 spiro atoms. The van der Waals surface area contributed by atoms with Crippen LogP contribution in [-0.2, 0) is 14.4 Å². The highest BCUT2D eigenvalue weighted by molar-refractivity contribution is 8.02. The van der Waals surface area contributed by atoms with E-state index >= 15 is 0 Å². The molecule has 5 rings (SSSR count). The van der Waals surface area contributed by atoms with E-state index in [1.807, 2.05) is 63.2 Å². The Balaban J connectivity index is 1.60. The lowest BCUT2D eigenvalue weighted by molar-refractivity contribution is -0.141. The van der Waals surface area contributed by atoms with Crippen molar-refractivity contribution in [3.8, 4) is 5.75 Å². The van der Waals surface area contributed by atoms with Crippen LogP contribution in [0.15, 0.2) is 67.8 Å². The molecule has 7 atom stereocenters. The summed E-state index contributed by atoms with van der Waals surface area (Å²) in [5.74, 6) is -1.20. The van der Waals surface area contributed by atoms with Gasteiger partial charge in [-0.15, -0.1) is 24.9 Å². The molecule has 240 valence electrons. The number of hydrogen-bond acceptors (Lipinski definition) is 6. The fourth-order valence-corrected chi connectivity index (χ4v) is 10.3. The van der Waals surface area contributed by atoms with Gasteiger partial charge in [-0.2, -0.15) is 0 Å². The first kappa shape index (κ1) is 32.8. The van der Waals surface area contributed by atoms with Crippen molar-refractivity contribution < 1.29 is 24.2 Å². The standard InChI is InChI=1S/C36H45N3O5S/c1-8-18-37(26-14-16-27(17-15-26)44-10-3)33(41)29-28-20-24(6)36(45-28)30(29)34(42)39(25(7)21-40)32(36)35(43)38(19-9-2)31-22(4)12-11-13-23(31)5/h8-9,11-17,24-25,28-30,32,40H,1-2,10,18-21H2,3-7H3/t24?,25-,28+,29-,30+,32?,36?/m1/s1. The van der Waals surface area contributed by atoms with Crippen molar-refractivity contribution in [1.29, 1.82) is 0 Å². The van der Waals surface area contributed by atoms with Crippen LogP contribution >= 0.6 is 11.8 Å². The number of ether oxygens (including phenoxy) is 1. The van der Waals surface area contributed by atoms with Crippen LogP contribution in [0, 0.1) is 31.6 Å². The molecule has 3 unspecified atom stereocenters. The third-order valence-electron chi connectivity index (χ3n) is 9.77. The first-order chi connectivity index (χ1) is 21.6. The molecule has 3 heterocycles. The van der Waals surface area contributed by atoms with E-state index in [9.17, 15) is 19.5 Å². The van der Waals surface area contributed by atoms with E-state index in [2.05, 4.69) is 20.1 Å². The van der Waals surface area contributed by atoms with Gasteiger partial charge < -0.3 is 24.5 Å². The van der Waals surface area contributed by atoms with Crippen LogP contribution in [-0.4, -0.2) is 76.1 Å². The average Bonchev–Trinajstić information content (AvgIpc) is 3.62. The van der Waals surface area contributed by atoms with Crippen molar-refractivity contribution in [2.75, 3.05) is 36.1 Å². The van der Waals surface area contributed by atoms with Gasteiger partial charge >= 0.3 is 0 Å². The molecule has 9 heteroatoms. The van der Waals surface area contributed by atoms with Gasteiger partial charge in [0, 0.05) is 29.7 Å². The van der Waals surface area contributed by atoms with Crippen molar-refractivity contribution >= 4 is 40.9 Å². The van der Waals surface area contributed by atoms with E-state index in [-0.39, 0.29) is 48.6 Å². The number of fused-ring (bicyclic) bond motifs is 1. The molecule has 8 nitrogen and oxygen atoms in total. The molecule has 3 aliphatic rings. The molecule has 0 saturated carbocycles. The number of hydrogen-bond donors (Lipinski definition) is 1. The summed E-state index contributed by atoms with van der Waals surface area (Å²) in [5.41, 5.74) is 3.40. The zero-order valence-corrected chi connectivity index (χ0v) is 27.8. The van der Waals surface area contributed by atoms with Crippen LogP contribution in [0.2, 0.25) is 0 Å². The molecule has 0 radical (unpaired) electrons. The number of likely N-dealkylation sites (tertiary alicyclic amines) is 1. The van der Waals surface area contributed by atoms with Gasteiger partial charge in [-0.05, 0) is 75.4 Å². The number of carbonyl (C=O) groups is 3. The first-order valence-electron chi connectivity index (χ1n) is 15.8. The third kappa shape index (κ3) is 5.27. The topological polar surface area (TPSA) is 90.4 Å². The monoisotopic (exact) mass is 631 g/mol. The Labute approximate surface area is 271 Å². The summed E-state index contributed by atoms with van der Waals surface area (Å²) in [6.07, 6.45) is 4.11. The zero-order valence-electron chi connectivity index (χ0n) is 26.9. The lowest BCUT2D eigenvalue weighted by Crippen LogP contribution is -2.59. The molecular formula is C36H45N3O5S. The third-order valence-corrected chi connectivity index (χ3v) is 11.8. The number of aliphatic hydroxyl groups is 1. The van der Waals surface area contributed by atoms with Crippen LogP contribution in [0.5, 0.6) is 5.75 Å². The smallest absolute Gasteiger partial charge is 0.251 e. The van der Waals surface area contributed by atoms with Gasteiger partial charge in [-0.3, -0.25) is 14.4 Å². The Morgan fingerprint density at radius 1 is 1.09 bits per heavy atom. The summed E-state index contributed by atoms with van der Waals surface area (Å²) in [4.78, 5) is 49.2. The Hall–Kier alpha value is -3.56. The molecule has 3 aliphatic heterocycles. The number of aryl methyl sites for hydroxylation is 2. The Bertz CT molecular complexity index is 1460. The second-order valence-electron chi connectivity index (χ2n) is 12.5. The summed E-state index contributed by atoms with van der Waals surface area (Å²) in [6, 6.07) is 11.8. The average molecular weight is 632 g/mol. The van der Waals surface area contributed by atoms with Gasteiger partial charge in [0.25, 0.3) is 5.91 Å². The normalized spacial score (nSPS) is 27.2. The van der Waals surface area contributed by atoms with E-state index in [0.29, 0.717) is 24.5 Å². The van der Waals surface area contributed by atoms with Crippen LogP contribution in [0.4, 0.5) is 11.4 Å². The summed E-state index contributed by atoms with van der Waals surface area (Å²) < 4.78 is 4.78. The van der Waals surface area contributed by atoms with E-state index in [4.69, 9.17) is 4.74 Å². The Morgan fingerprint density at radius 2 is 1.71 bits per heavy atom. The maximum atomic E-state index is 15.0. The number of thioether (sulfide) groups is 1. The van der Waals surface area contributed by atoms with Crippen LogP contribution in [0.25, 0.3) is 0 Å². The van der Waals surface area contributed by atoms with E-state index in [1.54, 1.807) is 45.5 Å². The summed E-state index contributed by atoms with van der Waals surface area (Å²) in [5, 5.41) is 10.2. The lowest BCUT2D eigenvalue weighted by atomic mass is 9.65. The van der Waals surface area contributed by atoms with Gasteiger partial charge in [0.05, 0.1) is 35.8 Å². The summed E-state index contributed by atoms with van der Waals surface area (Å²) in [6.45, 7) is 18.4. The fourth-order valence-electron chi connectivity index (χ4n) is 7.90. The molecule has 3 amide bonds. The zero-order chi connectivity index (χ0) is 32.6. The number of carbonyl (C=O) groups excluding carboxylic acids is 3. The number of aliphatic hydroxyl groups excluding tert-OH is 1. The number of benzene rings is 2. The van der Waals surface area contributed by atoms with Crippen molar-refractivity contribution in [3.05, 3.63) is 78.9 Å². The van der Waals surface area contributed by atoms with Crippen molar-refractivity contribution in [3.63, 3.8) is 0 Å².